The number of hydrogen-bond donors (Lipinski definition) is 2. The van der Waals surface area contributed by atoms with Gasteiger partial charge in [0.05, 0.1) is 14.0 Å². The standard InChI is InChI=1S/C19H23N3O3S3/c1-12-18(13-8-10-22(12)11-9-13)21-19(23)15-6-7-17(27-15)26-14-4-2-3-5-16(14)28(20,24)25/h2-7,12-13,18H,8-11H2,1H3,(H,21,23)(H2,20,24,25)/t12-,18+/m1/s1. The topological polar surface area (TPSA) is 92.5 Å². The molecule has 5 rings (SSSR count). The van der Waals surface area contributed by atoms with Crippen molar-refractivity contribution in [2.75, 3.05) is 13.1 Å². The van der Waals surface area contributed by atoms with Crippen LogP contribution in [0.25, 0.3) is 0 Å². The molecule has 3 saturated heterocycles. The van der Waals surface area contributed by atoms with Crippen molar-refractivity contribution in [1.82, 2.24) is 10.2 Å². The van der Waals surface area contributed by atoms with E-state index < -0.39 is 10.0 Å². The first-order valence-electron chi connectivity index (χ1n) is 9.27. The van der Waals surface area contributed by atoms with Crippen LogP contribution in [-0.4, -0.2) is 44.4 Å². The maximum absolute atomic E-state index is 12.8. The van der Waals surface area contributed by atoms with Gasteiger partial charge >= 0.3 is 0 Å². The fourth-order valence-corrected chi connectivity index (χ4v) is 7.25. The molecule has 6 nitrogen and oxygen atoms in total. The number of hydrogen-bond acceptors (Lipinski definition) is 6. The van der Waals surface area contributed by atoms with Crippen LogP contribution in [0.4, 0.5) is 0 Å². The lowest BCUT2D eigenvalue weighted by atomic mass is 9.79. The van der Waals surface area contributed by atoms with E-state index in [9.17, 15) is 13.2 Å². The molecule has 2 aromatic rings. The number of piperidine rings is 3. The average Bonchev–Trinajstić information content (AvgIpc) is 3.13. The lowest BCUT2D eigenvalue weighted by Crippen LogP contribution is -2.62. The summed E-state index contributed by atoms with van der Waals surface area (Å²) in [6.45, 7) is 4.44. The summed E-state index contributed by atoms with van der Waals surface area (Å²) in [5.74, 6) is 0.501. The Balaban J connectivity index is 1.47. The minimum absolute atomic E-state index is 0.0535. The molecule has 0 aliphatic carbocycles. The van der Waals surface area contributed by atoms with Gasteiger partial charge in [0.25, 0.3) is 5.91 Å². The Hall–Kier alpha value is -1.39. The number of carbonyl (C=O) groups excluding carboxylic acids is 1. The van der Waals surface area contributed by atoms with Crippen molar-refractivity contribution in [2.24, 2.45) is 11.1 Å². The first-order valence-corrected chi connectivity index (χ1v) is 12.5. The highest BCUT2D eigenvalue weighted by Gasteiger charge is 2.40. The van der Waals surface area contributed by atoms with Crippen LogP contribution in [-0.2, 0) is 10.0 Å². The molecule has 3 aliphatic rings. The lowest BCUT2D eigenvalue weighted by molar-refractivity contribution is 0.0218. The van der Waals surface area contributed by atoms with Crippen molar-refractivity contribution in [3.8, 4) is 0 Å². The molecule has 0 saturated carbocycles. The monoisotopic (exact) mass is 437 g/mol. The second-order valence-electron chi connectivity index (χ2n) is 7.33. The van der Waals surface area contributed by atoms with Crippen LogP contribution in [0.1, 0.15) is 29.4 Å². The van der Waals surface area contributed by atoms with Gasteiger partial charge < -0.3 is 5.32 Å². The van der Waals surface area contributed by atoms with E-state index in [2.05, 4.69) is 17.1 Å². The van der Waals surface area contributed by atoms with Crippen LogP contribution in [0.3, 0.4) is 0 Å². The number of rotatable bonds is 5. The number of nitrogens with two attached hydrogens (primary N) is 1. The zero-order chi connectivity index (χ0) is 19.9. The number of fused-ring (bicyclic) bond motifs is 3. The first kappa shape index (κ1) is 19.9. The predicted octanol–water partition coefficient (Wildman–Crippen LogP) is 2.76. The smallest absolute Gasteiger partial charge is 0.261 e. The Morgan fingerprint density at radius 1 is 1.21 bits per heavy atom. The molecule has 1 aromatic heterocycles. The van der Waals surface area contributed by atoms with Gasteiger partial charge in [-0.25, -0.2) is 13.6 Å². The molecule has 0 unspecified atom stereocenters. The van der Waals surface area contributed by atoms with Gasteiger partial charge in [-0.15, -0.1) is 11.3 Å². The Morgan fingerprint density at radius 3 is 2.61 bits per heavy atom. The Morgan fingerprint density at radius 2 is 1.93 bits per heavy atom. The van der Waals surface area contributed by atoms with Gasteiger partial charge in [0, 0.05) is 17.0 Å². The number of nitrogens with one attached hydrogen (secondary N) is 1. The van der Waals surface area contributed by atoms with E-state index in [1.54, 1.807) is 24.3 Å². The molecule has 2 atom stereocenters. The number of amides is 1. The first-order chi connectivity index (χ1) is 13.3. The molecule has 2 bridgehead atoms. The molecule has 3 N–H and O–H groups in total. The van der Waals surface area contributed by atoms with Gasteiger partial charge in [-0.05, 0) is 63.0 Å². The molecule has 3 aliphatic heterocycles. The molecular weight excluding hydrogens is 414 g/mol. The summed E-state index contributed by atoms with van der Waals surface area (Å²) >= 11 is 2.68. The van der Waals surface area contributed by atoms with Gasteiger partial charge in [0.2, 0.25) is 10.0 Å². The summed E-state index contributed by atoms with van der Waals surface area (Å²) in [6, 6.07) is 10.8. The number of primary sulfonamides is 1. The van der Waals surface area contributed by atoms with E-state index >= 15 is 0 Å². The van der Waals surface area contributed by atoms with Crippen molar-refractivity contribution in [1.29, 1.82) is 0 Å². The summed E-state index contributed by atoms with van der Waals surface area (Å²) in [5, 5.41) is 8.54. The highest BCUT2D eigenvalue weighted by Crippen LogP contribution is 2.37. The highest BCUT2D eigenvalue weighted by molar-refractivity contribution is 8.01. The predicted molar refractivity (Wildman–Crippen MR) is 111 cm³/mol. The minimum Gasteiger partial charge on any atom is -0.347 e. The van der Waals surface area contributed by atoms with Crippen LogP contribution in [0.15, 0.2) is 50.4 Å². The Kier molecular flexibility index (Phi) is 5.54. The average molecular weight is 438 g/mol. The Bertz CT molecular complexity index is 979. The van der Waals surface area contributed by atoms with Crippen molar-refractivity contribution in [3.63, 3.8) is 0 Å². The summed E-state index contributed by atoms with van der Waals surface area (Å²) in [5.41, 5.74) is 0. The van der Waals surface area contributed by atoms with Crippen molar-refractivity contribution < 1.29 is 13.2 Å². The maximum Gasteiger partial charge on any atom is 0.261 e. The maximum atomic E-state index is 12.8. The highest BCUT2D eigenvalue weighted by atomic mass is 32.2. The van der Waals surface area contributed by atoms with Crippen LogP contribution in [0, 0.1) is 5.92 Å². The second-order valence-corrected chi connectivity index (χ2v) is 11.3. The minimum atomic E-state index is -3.79. The molecule has 150 valence electrons. The van der Waals surface area contributed by atoms with Crippen molar-refractivity contribution in [2.45, 2.75) is 45.8 Å². The molecule has 1 amide bonds. The van der Waals surface area contributed by atoms with E-state index in [0.29, 0.717) is 21.7 Å². The van der Waals surface area contributed by atoms with Gasteiger partial charge in [-0.3, -0.25) is 9.69 Å². The molecule has 9 heteroatoms. The van der Waals surface area contributed by atoms with Gasteiger partial charge in [-0.2, -0.15) is 0 Å². The molecule has 0 spiro atoms. The molecule has 4 heterocycles. The largest absolute Gasteiger partial charge is 0.347 e. The van der Waals surface area contributed by atoms with Crippen LogP contribution in [0.2, 0.25) is 0 Å². The molecular formula is C19H23N3O3S3. The Labute approximate surface area is 173 Å². The fraction of sp³-hybridized carbons (Fsp3) is 0.421. The van der Waals surface area contributed by atoms with Crippen molar-refractivity contribution in [3.05, 3.63) is 41.3 Å². The summed E-state index contributed by atoms with van der Waals surface area (Å²) < 4.78 is 24.4. The fourth-order valence-electron chi connectivity index (χ4n) is 4.14. The van der Waals surface area contributed by atoms with Gasteiger partial charge in [0.15, 0.2) is 0 Å². The summed E-state index contributed by atoms with van der Waals surface area (Å²) in [7, 11) is -3.79. The van der Waals surface area contributed by atoms with Gasteiger partial charge in [0.1, 0.15) is 0 Å². The third kappa shape index (κ3) is 3.99. The summed E-state index contributed by atoms with van der Waals surface area (Å²) in [6.07, 6.45) is 2.29. The number of nitrogens with zero attached hydrogens (tertiary/aromatic N) is 1. The number of benzene rings is 1. The third-order valence-electron chi connectivity index (χ3n) is 5.65. The lowest BCUT2D eigenvalue weighted by Gasteiger charge is -2.49. The zero-order valence-electron chi connectivity index (χ0n) is 15.5. The van der Waals surface area contributed by atoms with Crippen LogP contribution in [0.5, 0.6) is 0 Å². The van der Waals surface area contributed by atoms with E-state index in [0.717, 1.165) is 30.1 Å². The zero-order valence-corrected chi connectivity index (χ0v) is 17.9. The molecule has 1 aromatic carbocycles. The van der Waals surface area contributed by atoms with E-state index in [4.69, 9.17) is 5.14 Å². The summed E-state index contributed by atoms with van der Waals surface area (Å²) in [4.78, 5) is 16.5. The molecule has 3 fully saturated rings. The second kappa shape index (κ2) is 7.79. The van der Waals surface area contributed by atoms with Crippen LogP contribution >= 0.6 is 23.1 Å². The number of carbonyl (C=O) groups is 1. The van der Waals surface area contributed by atoms with E-state index in [-0.39, 0.29) is 16.8 Å². The normalized spacial score (nSPS) is 26.9. The van der Waals surface area contributed by atoms with Crippen molar-refractivity contribution >= 4 is 39.0 Å². The number of sulfonamides is 1. The van der Waals surface area contributed by atoms with Crippen LogP contribution < -0.4 is 10.5 Å². The SMILES string of the molecule is C[C@@H]1[C@H](NC(=O)c2ccc(Sc3ccccc3S(N)(=O)=O)s2)C2CCN1CC2. The van der Waals surface area contributed by atoms with E-state index in [1.807, 2.05) is 6.07 Å². The number of thiophene rings is 1. The molecule has 0 radical (unpaired) electrons. The quantitative estimate of drug-likeness (QED) is 0.750. The molecule has 28 heavy (non-hydrogen) atoms. The van der Waals surface area contributed by atoms with E-state index in [1.165, 1.54) is 29.2 Å². The third-order valence-corrected chi connectivity index (χ3v) is 9.04. The van der Waals surface area contributed by atoms with Gasteiger partial charge in [-0.1, -0.05) is 23.9 Å².